The van der Waals surface area contributed by atoms with Gasteiger partial charge in [-0.15, -0.1) is 4.83 Å². The SMILES string of the molecule is O=C(CCN1C(=O)/C(=C/C=C/c2ccccc2)SC1=S)NNS(=O)(=O)c1ccccc1. The molecule has 31 heavy (non-hydrogen) atoms. The predicted octanol–water partition coefficient (Wildman–Crippen LogP) is 2.84. The topological polar surface area (TPSA) is 95.6 Å². The van der Waals surface area contributed by atoms with Crippen molar-refractivity contribution in [1.29, 1.82) is 0 Å². The zero-order valence-corrected chi connectivity index (χ0v) is 18.7. The van der Waals surface area contributed by atoms with Gasteiger partial charge in [0.05, 0.1) is 9.80 Å². The van der Waals surface area contributed by atoms with E-state index in [2.05, 4.69) is 5.43 Å². The molecule has 0 unspecified atom stereocenters. The standard InChI is InChI=1S/C21H19N3O4S3/c25-19(22-23-31(27,28)17-11-5-2-6-12-17)14-15-24-20(26)18(30-21(24)29)13-7-10-16-8-3-1-4-9-16/h1-13,23H,14-15H2,(H,22,25)/b10-7+,18-13-. The minimum absolute atomic E-state index is 0.0286. The van der Waals surface area contributed by atoms with Crippen molar-refractivity contribution in [3.63, 3.8) is 0 Å². The Bertz CT molecular complexity index is 1130. The molecule has 1 saturated heterocycles. The number of carbonyl (C=O) groups is 2. The number of hydrogen-bond donors (Lipinski definition) is 2. The number of carbonyl (C=O) groups excluding carboxylic acids is 2. The summed E-state index contributed by atoms with van der Waals surface area (Å²) in [4.78, 5) is 28.4. The maximum Gasteiger partial charge on any atom is 0.266 e. The fourth-order valence-corrected chi connectivity index (χ4v) is 4.72. The molecule has 10 heteroatoms. The Kier molecular flexibility index (Phi) is 7.75. The van der Waals surface area contributed by atoms with E-state index in [9.17, 15) is 18.0 Å². The highest BCUT2D eigenvalue weighted by molar-refractivity contribution is 8.26. The van der Waals surface area contributed by atoms with E-state index >= 15 is 0 Å². The van der Waals surface area contributed by atoms with E-state index < -0.39 is 15.9 Å². The molecule has 2 N–H and O–H groups in total. The van der Waals surface area contributed by atoms with E-state index in [0.29, 0.717) is 9.23 Å². The zero-order valence-electron chi connectivity index (χ0n) is 16.2. The van der Waals surface area contributed by atoms with Crippen LogP contribution in [0.3, 0.4) is 0 Å². The number of benzene rings is 2. The lowest BCUT2D eigenvalue weighted by molar-refractivity contribution is -0.124. The van der Waals surface area contributed by atoms with Gasteiger partial charge in [0.25, 0.3) is 15.9 Å². The van der Waals surface area contributed by atoms with Crippen LogP contribution in [-0.4, -0.2) is 36.0 Å². The molecule has 0 spiro atoms. The van der Waals surface area contributed by atoms with Crippen molar-refractivity contribution in [1.82, 2.24) is 15.2 Å². The number of nitrogens with zero attached hydrogens (tertiary/aromatic N) is 1. The van der Waals surface area contributed by atoms with Crippen LogP contribution in [-0.2, 0) is 19.6 Å². The molecule has 1 aliphatic rings. The minimum atomic E-state index is -3.87. The monoisotopic (exact) mass is 473 g/mol. The summed E-state index contributed by atoms with van der Waals surface area (Å²) in [6.45, 7) is 0.0449. The van der Waals surface area contributed by atoms with Crippen molar-refractivity contribution in [2.24, 2.45) is 0 Å². The smallest absolute Gasteiger partial charge is 0.266 e. The van der Waals surface area contributed by atoms with Crippen LogP contribution >= 0.6 is 24.0 Å². The van der Waals surface area contributed by atoms with Crippen LogP contribution in [0.2, 0.25) is 0 Å². The molecular weight excluding hydrogens is 454 g/mol. The van der Waals surface area contributed by atoms with Crippen LogP contribution < -0.4 is 10.3 Å². The second kappa shape index (κ2) is 10.5. The van der Waals surface area contributed by atoms with Gasteiger partial charge in [-0.2, -0.15) is 0 Å². The van der Waals surface area contributed by atoms with Crippen molar-refractivity contribution < 1.29 is 18.0 Å². The van der Waals surface area contributed by atoms with Gasteiger partial charge in [-0.1, -0.05) is 84.7 Å². The molecule has 2 aromatic carbocycles. The molecule has 7 nitrogen and oxygen atoms in total. The second-order valence-corrected chi connectivity index (χ2v) is 9.70. The van der Waals surface area contributed by atoms with Gasteiger partial charge in [-0.3, -0.25) is 19.9 Å². The van der Waals surface area contributed by atoms with Crippen LogP contribution in [0.1, 0.15) is 12.0 Å². The summed E-state index contributed by atoms with van der Waals surface area (Å²) in [5.74, 6) is -0.869. The summed E-state index contributed by atoms with van der Waals surface area (Å²) in [5, 5.41) is 0. The number of hydrogen-bond acceptors (Lipinski definition) is 6. The number of sulfonamides is 1. The molecule has 0 radical (unpaired) electrons. The van der Waals surface area contributed by atoms with Crippen LogP contribution in [0, 0.1) is 0 Å². The summed E-state index contributed by atoms with van der Waals surface area (Å²) in [6.07, 6.45) is 5.21. The van der Waals surface area contributed by atoms with Gasteiger partial charge < -0.3 is 0 Å². The molecule has 2 aromatic rings. The van der Waals surface area contributed by atoms with Gasteiger partial charge in [-0.05, 0) is 23.8 Å². The van der Waals surface area contributed by atoms with Crippen molar-refractivity contribution in [2.45, 2.75) is 11.3 Å². The average molecular weight is 474 g/mol. The van der Waals surface area contributed by atoms with E-state index in [1.165, 1.54) is 17.0 Å². The van der Waals surface area contributed by atoms with Gasteiger partial charge in [0, 0.05) is 13.0 Å². The number of hydrazine groups is 1. The Morgan fingerprint density at radius 1 is 1.06 bits per heavy atom. The van der Waals surface area contributed by atoms with Crippen LogP contribution in [0.5, 0.6) is 0 Å². The highest BCUT2D eigenvalue weighted by Gasteiger charge is 2.31. The van der Waals surface area contributed by atoms with Gasteiger partial charge in [0.1, 0.15) is 4.32 Å². The first-order valence-corrected chi connectivity index (χ1v) is 11.9. The summed E-state index contributed by atoms with van der Waals surface area (Å²) in [6, 6.07) is 17.3. The Labute approximate surface area is 190 Å². The van der Waals surface area contributed by atoms with Crippen molar-refractivity contribution in [2.75, 3.05) is 6.54 Å². The molecule has 1 fully saturated rings. The predicted molar refractivity (Wildman–Crippen MR) is 125 cm³/mol. The van der Waals surface area contributed by atoms with Crippen LogP contribution in [0.15, 0.2) is 82.6 Å². The first-order chi connectivity index (χ1) is 14.9. The molecule has 0 aromatic heterocycles. The maximum absolute atomic E-state index is 12.5. The zero-order chi connectivity index (χ0) is 22.3. The summed E-state index contributed by atoms with van der Waals surface area (Å²) >= 11 is 6.40. The lowest BCUT2D eigenvalue weighted by Gasteiger charge is -2.14. The molecule has 0 saturated carbocycles. The molecule has 3 rings (SSSR count). The fraction of sp³-hybridized carbons (Fsp3) is 0.0952. The number of thioether (sulfide) groups is 1. The Morgan fingerprint density at radius 3 is 2.39 bits per heavy atom. The van der Waals surface area contributed by atoms with Crippen molar-refractivity contribution >= 4 is 56.2 Å². The van der Waals surface area contributed by atoms with Gasteiger partial charge in [-0.25, -0.2) is 8.42 Å². The van der Waals surface area contributed by atoms with Gasteiger partial charge >= 0.3 is 0 Å². The Balaban J connectivity index is 1.51. The number of allylic oxidation sites excluding steroid dienone is 2. The highest BCUT2D eigenvalue weighted by atomic mass is 32.2. The lowest BCUT2D eigenvalue weighted by Crippen LogP contribution is -2.43. The lowest BCUT2D eigenvalue weighted by atomic mass is 10.2. The minimum Gasteiger partial charge on any atom is -0.292 e. The second-order valence-electron chi connectivity index (χ2n) is 6.34. The van der Waals surface area contributed by atoms with E-state index in [1.54, 1.807) is 30.4 Å². The maximum atomic E-state index is 12.5. The van der Waals surface area contributed by atoms with E-state index in [1.807, 2.05) is 41.2 Å². The van der Waals surface area contributed by atoms with Gasteiger partial charge in [0.15, 0.2) is 0 Å². The molecule has 0 atom stereocenters. The number of rotatable bonds is 8. The van der Waals surface area contributed by atoms with Gasteiger partial charge in [0.2, 0.25) is 5.91 Å². The molecule has 0 aliphatic carbocycles. The molecule has 0 bridgehead atoms. The molecule has 160 valence electrons. The third kappa shape index (κ3) is 6.34. The number of amides is 2. The van der Waals surface area contributed by atoms with E-state index in [0.717, 1.165) is 17.3 Å². The fourth-order valence-electron chi connectivity index (χ4n) is 2.58. The first-order valence-electron chi connectivity index (χ1n) is 9.19. The summed E-state index contributed by atoms with van der Waals surface area (Å²) < 4.78 is 24.6. The van der Waals surface area contributed by atoms with Crippen LogP contribution in [0.4, 0.5) is 0 Å². The largest absolute Gasteiger partial charge is 0.292 e. The Hall–Kier alpha value is -2.79. The third-order valence-electron chi connectivity index (χ3n) is 4.15. The Morgan fingerprint density at radius 2 is 1.71 bits per heavy atom. The highest BCUT2D eigenvalue weighted by Crippen LogP contribution is 2.31. The van der Waals surface area contributed by atoms with E-state index in [-0.39, 0.29) is 23.8 Å². The van der Waals surface area contributed by atoms with Crippen LogP contribution in [0.25, 0.3) is 6.08 Å². The van der Waals surface area contributed by atoms with Crippen molar-refractivity contribution in [3.05, 3.63) is 83.3 Å². The molecule has 1 heterocycles. The molecular formula is C21H19N3O4S3. The summed E-state index contributed by atoms with van der Waals surface area (Å²) in [7, 11) is -3.87. The molecule has 2 amide bonds. The number of nitrogens with one attached hydrogen (secondary N) is 2. The average Bonchev–Trinajstić information content (AvgIpc) is 3.05. The number of thiocarbonyl (C=S) groups is 1. The van der Waals surface area contributed by atoms with E-state index in [4.69, 9.17) is 12.2 Å². The summed E-state index contributed by atoms with van der Waals surface area (Å²) in [5.41, 5.74) is 3.15. The first kappa shape index (κ1) is 22.9. The quantitative estimate of drug-likeness (QED) is 0.348. The normalized spacial score (nSPS) is 15.7. The molecule has 1 aliphatic heterocycles. The third-order valence-corrected chi connectivity index (χ3v) is 6.81. The van der Waals surface area contributed by atoms with Crippen molar-refractivity contribution in [3.8, 4) is 0 Å².